The van der Waals surface area contributed by atoms with Gasteiger partial charge in [0.2, 0.25) is 0 Å². The molecule has 0 fully saturated rings. The van der Waals surface area contributed by atoms with Gasteiger partial charge in [0.15, 0.2) is 0 Å². The second-order valence-electron chi connectivity index (χ2n) is 4.45. The molecule has 0 amide bonds. The maximum absolute atomic E-state index is 2.45. The molecule has 0 unspecified atom stereocenters. The minimum absolute atomic E-state index is 0.358. The lowest BCUT2D eigenvalue weighted by molar-refractivity contribution is 0.204. The summed E-state index contributed by atoms with van der Waals surface area (Å²) in [5.74, 6) is 0. The summed E-state index contributed by atoms with van der Waals surface area (Å²) in [7, 11) is 1.81. The molecule has 0 aromatic heterocycles. The van der Waals surface area contributed by atoms with Crippen LogP contribution in [0.5, 0.6) is 0 Å². The highest BCUT2D eigenvalue weighted by Crippen LogP contribution is 2.09. The molecule has 0 aliphatic carbocycles. The molecule has 10 heavy (non-hydrogen) atoms. The van der Waals surface area contributed by atoms with E-state index in [1.165, 1.54) is 6.17 Å². The summed E-state index contributed by atoms with van der Waals surface area (Å²) in [6.07, 6.45) is 1.32. The lowest BCUT2D eigenvalue weighted by Crippen LogP contribution is -2.42. The highest BCUT2D eigenvalue weighted by Gasteiger charge is 2.17. The molecule has 1 nitrogen and oxygen atoms in total. The highest BCUT2D eigenvalue weighted by atomic mass is 28.3. The summed E-state index contributed by atoms with van der Waals surface area (Å²) in [5.41, 5.74) is 0.358. The van der Waals surface area contributed by atoms with Crippen LogP contribution >= 0.6 is 0 Å². The molecule has 0 atom stereocenters. The quantitative estimate of drug-likeness (QED) is 0.555. The molecule has 0 saturated carbocycles. The molecule has 0 heterocycles. The lowest BCUT2D eigenvalue weighted by atomic mass is 10.1. The van der Waals surface area contributed by atoms with Crippen LogP contribution in [0.2, 0.25) is 13.1 Å². The monoisotopic (exact) mass is 159 g/mol. The van der Waals surface area contributed by atoms with E-state index < -0.39 is 8.80 Å². The van der Waals surface area contributed by atoms with Gasteiger partial charge in [-0.3, -0.25) is 0 Å². The third-order valence-electron chi connectivity index (χ3n) is 1.78. The Bertz CT molecular complexity index is 93.9. The smallest absolute Gasteiger partial charge is 0.0469 e. The first-order chi connectivity index (χ1) is 4.34. The van der Waals surface area contributed by atoms with Gasteiger partial charge in [0, 0.05) is 14.3 Å². The molecule has 62 valence electrons. The zero-order chi connectivity index (χ0) is 8.36. The van der Waals surface area contributed by atoms with Crippen molar-refractivity contribution >= 4 is 8.80 Å². The van der Waals surface area contributed by atoms with Gasteiger partial charge in [-0.1, -0.05) is 13.1 Å². The molecule has 0 radical (unpaired) electrons. The summed E-state index contributed by atoms with van der Waals surface area (Å²) < 4.78 is 0. The van der Waals surface area contributed by atoms with Crippen molar-refractivity contribution in [1.29, 1.82) is 0 Å². The van der Waals surface area contributed by atoms with Crippen LogP contribution in [0.1, 0.15) is 20.8 Å². The van der Waals surface area contributed by atoms with Gasteiger partial charge >= 0.3 is 0 Å². The van der Waals surface area contributed by atoms with Crippen LogP contribution < -0.4 is 0 Å². The molecule has 0 aliphatic rings. The van der Waals surface area contributed by atoms with Crippen molar-refractivity contribution in [2.45, 2.75) is 39.4 Å². The van der Waals surface area contributed by atoms with Crippen molar-refractivity contribution in [3.05, 3.63) is 0 Å². The van der Waals surface area contributed by atoms with Crippen molar-refractivity contribution < 1.29 is 0 Å². The molecule has 0 aliphatic heterocycles. The Hall–Kier alpha value is 0.177. The van der Waals surface area contributed by atoms with E-state index in [9.17, 15) is 0 Å². The largest absolute Gasteiger partial charge is 0.305 e. The topological polar surface area (TPSA) is 3.24 Å². The number of rotatable bonds is 2. The van der Waals surface area contributed by atoms with Crippen LogP contribution in [0, 0.1) is 0 Å². The zero-order valence-corrected chi connectivity index (χ0v) is 9.39. The molecule has 0 rings (SSSR count). The first-order valence-electron chi connectivity index (χ1n) is 4.05. The Kier molecular flexibility index (Phi) is 3.60. The summed E-state index contributed by atoms with van der Waals surface area (Å²) in [5, 5.41) is 0. The molecule has 0 spiro atoms. The Morgan fingerprint density at radius 2 is 1.60 bits per heavy atom. The molecule has 0 saturated heterocycles. The maximum atomic E-state index is 2.45. The maximum Gasteiger partial charge on any atom is 0.0469 e. The third-order valence-corrected chi connectivity index (χ3v) is 3.06. The van der Waals surface area contributed by atoms with Gasteiger partial charge in [0.1, 0.15) is 0 Å². The minimum atomic E-state index is -0.402. The zero-order valence-electron chi connectivity index (χ0n) is 8.23. The normalized spacial score (nSPS) is 13.2. The van der Waals surface area contributed by atoms with E-state index in [-0.39, 0.29) is 0 Å². The van der Waals surface area contributed by atoms with Crippen LogP contribution in [0.15, 0.2) is 0 Å². The SMILES string of the molecule is CN(C[SiH](C)C)C(C)(C)C. The van der Waals surface area contributed by atoms with Gasteiger partial charge in [-0.25, -0.2) is 0 Å². The highest BCUT2D eigenvalue weighted by molar-refractivity contribution is 6.55. The molecular weight excluding hydrogens is 138 g/mol. The van der Waals surface area contributed by atoms with Crippen LogP contribution in [-0.4, -0.2) is 32.5 Å². The summed E-state index contributed by atoms with van der Waals surface area (Å²) >= 11 is 0. The van der Waals surface area contributed by atoms with E-state index in [1.54, 1.807) is 0 Å². The van der Waals surface area contributed by atoms with Crippen LogP contribution in [0.25, 0.3) is 0 Å². The molecule has 0 bridgehead atoms. The van der Waals surface area contributed by atoms with Crippen molar-refractivity contribution in [3.63, 3.8) is 0 Å². The first-order valence-corrected chi connectivity index (χ1v) is 7.18. The molecular formula is C8H21NSi. The lowest BCUT2D eigenvalue weighted by Gasteiger charge is -2.32. The Morgan fingerprint density at radius 3 is 1.70 bits per heavy atom. The van der Waals surface area contributed by atoms with E-state index in [0.29, 0.717) is 5.54 Å². The molecule has 0 aromatic rings. The van der Waals surface area contributed by atoms with Crippen LogP contribution in [0.3, 0.4) is 0 Å². The Morgan fingerprint density at radius 1 is 1.20 bits per heavy atom. The van der Waals surface area contributed by atoms with Gasteiger partial charge in [-0.15, -0.1) is 0 Å². The average molecular weight is 159 g/mol. The minimum Gasteiger partial charge on any atom is -0.305 e. The average Bonchev–Trinajstić information content (AvgIpc) is 1.60. The fraction of sp³-hybridized carbons (Fsp3) is 1.00. The molecule has 0 aromatic carbocycles. The van der Waals surface area contributed by atoms with Crippen molar-refractivity contribution in [3.8, 4) is 0 Å². The standard InChI is InChI=1S/C8H21NSi/c1-8(2,3)9(4)7-10(5)6/h10H,7H2,1-6H3. The van der Waals surface area contributed by atoms with Gasteiger partial charge in [0.25, 0.3) is 0 Å². The van der Waals surface area contributed by atoms with Crippen molar-refractivity contribution in [1.82, 2.24) is 4.90 Å². The van der Waals surface area contributed by atoms with Crippen molar-refractivity contribution in [2.75, 3.05) is 13.2 Å². The van der Waals surface area contributed by atoms with E-state index in [4.69, 9.17) is 0 Å². The van der Waals surface area contributed by atoms with E-state index in [2.05, 4.69) is 45.8 Å². The van der Waals surface area contributed by atoms with Crippen LogP contribution in [0.4, 0.5) is 0 Å². The van der Waals surface area contributed by atoms with Gasteiger partial charge in [-0.2, -0.15) is 0 Å². The van der Waals surface area contributed by atoms with E-state index in [0.717, 1.165) is 0 Å². The summed E-state index contributed by atoms with van der Waals surface area (Å²) in [4.78, 5) is 2.45. The van der Waals surface area contributed by atoms with Crippen molar-refractivity contribution in [2.24, 2.45) is 0 Å². The summed E-state index contributed by atoms with van der Waals surface area (Å²) in [6.45, 7) is 11.6. The second-order valence-corrected chi connectivity index (χ2v) is 7.60. The van der Waals surface area contributed by atoms with E-state index >= 15 is 0 Å². The Labute approximate surface area is 67.0 Å². The number of hydrogen-bond donors (Lipinski definition) is 0. The van der Waals surface area contributed by atoms with Gasteiger partial charge < -0.3 is 4.90 Å². The predicted molar refractivity (Wildman–Crippen MR) is 51.3 cm³/mol. The fourth-order valence-corrected chi connectivity index (χ4v) is 2.46. The molecule has 0 N–H and O–H groups in total. The predicted octanol–water partition coefficient (Wildman–Crippen LogP) is 1.74. The Balaban J connectivity index is 3.73. The first kappa shape index (κ1) is 10.2. The van der Waals surface area contributed by atoms with Gasteiger partial charge in [0.05, 0.1) is 0 Å². The fourth-order valence-electron chi connectivity index (χ4n) is 0.822. The third kappa shape index (κ3) is 4.07. The van der Waals surface area contributed by atoms with Crippen LogP contribution in [-0.2, 0) is 0 Å². The molecule has 2 heteroatoms. The number of nitrogens with zero attached hydrogens (tertiary/aromatic N) is 1. The van der Waals surface area contributed by atoms with Gasteiger partial charge in [-0.05, 0) is 34.0 Å². The number of hydrogen-bond acceptors (Lipinski definition) is 1. The second kappa shape index (κ2) is 3.53. The van der Waals surface area contributed by atoms with E-state index in [1.807, 2.05) is 0 Å². The summed E-state index contributed by atoms with van der Waals surface area (Å²) in [6, 6.07) is 0.